The SMILES string of the molecule is COC1=CC2(C=C(OC)C1=O)[C@@H](C(O)CO)OC[C@]2(CO)c1cc(O)c(O)c(OC)c1. The van der Waals surface area contributed by atoms with Gasteiger partial charge in [0.15, 0.2) is 23.0 Å². The number of aliphatic hydroxyl groups excluding tert-OH is 3. The summed E-state index contributed by atoms with van der Waals surface area (Å²) in [6, 6.07) is 2.66. The Morgan fingerprint density at radius 2 is 1.71 bits per heavy atom. The number of rotatable bonds is 7. The van der Waals surface area contributed by atoms with E-state index in [9.17, 15) is 30.3 Å². The van der Waals surface area contributed by atoms with Gasteiger partial charge in [-0.25, -0.2) is 0 Å². The molecule has 0 saturated carbocycles. The first-order chi connectivity index (χ1) is 14.7. The molecule has 5 N–H and O–H groups in total. The normalized spacial score (nSPS) is 25.7. The van der Waals surface area contributed by atoms with Gasteiger partial charge in [-0.05, 0) is 29.8 Å². The molecule has 1 fully saturated rings. The van der Waals surface area contributed by atoms with E-state index >= 15 is 0 Å². The summed E-state index contributed by atoms with van der Waals surface area (Å²) < 4.78 is 21.5. The molecule has 2 aliphatic rings. The molecule has 1 heterocycles. The van der Waals surface area contributed by atoms with Gasteiger partial charge in [0, 0.05) is 0 Å². The maximum absolute atomic E-state index is 12.6. The van der Waals surface area contributed by atoms with Crippen molar-refractivity contribution in [3.05, 3.63) is 41.4 Å². The molecule has 1 aliphatic carbocycles. The van der Waals surface area contributed by atoms with Gasteiger partial charge < -0.3 is 44.5 Å². The molecule has 1 aromatic carbocycles. The van der Waals surface area contributed by atoms with Crippen LogP contribution in [0.1, 0.15) is 5.56 Å². The molecule has 3 rings (SSSR count). The Kier molecular flexibility index (Phi) is 6.19. The second-order valence-corrected chi connectivity index (χ2v) is 7.46. The number of benzene rings is 1. The molecule has 1 spiro atoms. The van der Waals surface area contributed by atoms with Gasteiger partial charge >= 0.3 is 0 Å². The van der Waals surface area contributed by atoms with Crippen LogP contribution in [0.15, 0.2) is 35.8 Å². The summed E-state index contributed by atoms with van der Waals surface area (Å²) in [6.07, 6.45) is 0.329. The second-order valence-electron chi connectivity index (χ2n) is 7.46. The Balaban J connectivity index is 2.37. The van der Waals surface area contributed by atoms with Crippen molar-refractivity contribution in [1.29, 1.82) is 0 Å². The van der Waals surface area contributed by atoms with Gasteiger partial charge in [0.1, 0.15) is 6.10 Å². The maximum atomic E-state index is 12.6. The Morgan fingerprint density at radius 3 is 2.19 bits per heavy atom. The Hall–Kier alpha value is -2.79. The van der Waals surface area contributed by atoms with E-state index in [4.69, 9.17) is 18.9 Å². The van der Waals surface area contributed by atoms with Crippen LogP contribution in [0.25, 0.3) is 0 Å². The average Bonchev–Trinajstić information content (AvgIpc) is 3.10. The van der Waals surface area contributed by atoms with Crippen molar-refractivity contribution in [2.45, 2.75) is 17.6 Å². The van der Waals surface area contributed by atoms with E-state index in [1.54, 1.807) is 0 Å². The lowest BCUT2D eigenvalue weighted by Gasteiger charge is -2.45. The van der Waals surface area contributed by atoms with Crippen LogP contribution in [0, 0.1) is 5.41 Å². The summed E-state index contributed by atoms with van der Waals surface area (Å²) in [6.45, 7) is -1.39. The number of aromatic hydroxyl groups is 2. The zero-order chi connectivity index (χ0) is 23.0. The standard InChI is InChI=1S/C21H26O10/c1-28-14-5-11(4-12(24)17(14)26)21(9-23)10-31-19(13(25)8-22)20(21)6-15(29-2)18(27)16(7-20)30-3/h4-7,13,19,22-26H,8-10H2,1-3H3/t13?,19-,21-/m1/s1. The van der Waals surface area contributed by atoms with Gasteiger partial charge in [0.2, 0.25) is 5.75 Å². The minimum atomic E-state index is -1.44. The van der Waals surface area contributed by atoms with Crippen molar-refractivity contribution < 1.29 is 49.3 Å². The molecule has 1 unspecified atom stereocenters. The third-order valence-corrected chi connectivity index (χ3v) is 6.07. The van der Waals surface area contributed by atoms with E-state index in [1.807, 2.05) is 0 Å². The molecule has 10 nitrogen and oxygen atoms in total. The summed E-state index contributed by atoms with van der Waals surface area (Å²) in [5.74, 6) is -1.79. The van der Waals surface area contributed by atoms with Gasteiger partial charge in [-0.1, -0.05) is 0 Å². The number of ether oxygens (including phenoxy) is 4. The number of hydrogen-bond donors (Lipinski definition) is 5. The van der Waals surface area contributed by atoms with Gasteiger partial charge in [0.25, 0.3) is 5.78 Å². The van der Waals surface area contributed by atoms with Crippen LogP contribution in [0.5, 0.6) is 17.2 Å². The number of phenolic OH excluding ortho intramolecular Hbond substituents is 2. The number of carbonyl (C=O) groups excluding carboxylic acids is 1. The van der Waals surface area contributed by atoms with E-state index in [1.165, 1.54) is 45.6 Å². The zero-order valence-corrected chi connectivity index (χ0v) is 17.4. The molecule has 0 radical (unpaired) electrons. The lowest BCUT2D eigenvalue weighted by Crippen LogP contribution is -2.53. The van der Waals surface area contributed by atoms with Crippen LogP contribution in [-0.4, -0.2) is 84.7 Å². The molecule has 1 saturated heterocycles. The fourth-order valence-corrected chi connectivity index (χ4v) is 4.40. The number of Topliss-reactive ketones (excluding diaryl/α,β-unsaturated/α-hetero) is 1. The van der Waals surface area contributed by atoms with Crippen LogP contribution in [0.4, 0.5) is 0 Å². The van der Waals surface area contributed by atoms with Crippen molar-refractivity contribution in [3.63, 3.8) is 0 Å². The van der Waals surface area contributed by atoms with Crippen LogP contribution in [-0.2, 0) is 24.4 Å². The summed E-state index contributed by atoms with van der Waals surface area (Å²) in [5.41, 5.74) is -2.54. The molecular formula is C21H26O10. The highest BCUT2D eigenvalue weighted by Gasteiger charge is 2.64. The van der Waals surface area contributed by atoms with E-state index in [0.717, 1.165) is 0 Å². The lowest BCUT2D eigenvalue weighted by molar-refractivity contribution is -0.119. The Labute approximate surface area is 178 Å². The summed E-state index contributed by atoms with van der Waals surface area (Å²) in [5, 5.41) is 51.1. The van der Waals surface area contributed by atoms with Gasteiger partial charge in [0.05, 0.1) is 58.1 Å². The molecular weight excluding hydrogens is 412 g/mol. The molecule has 10 heteroatoms. The van der Waals surface area contributed by atoms with E-state index in [0.29, 0.717) is 5.56 Å². The van der Waals surface area contributed by atoms with Gasteiger partial charge in [-0.3, -0.25) is 4.79 Å². The second kappa shape index (κ2) is 8.39. The van der Waals surface area contributed by atoms with Crippen molar-refractivity contribution in [3.8, 4) is 17.2 Å². The first kappa shape index (κ1) is 22.9. The van der Waals surface area contributed by atoms with Crippen LogP contribution in [0.2, 0.25) is 0 Å². The monoisotopic (exact) mass is 438 g/mol. The van der Waals surface area contributed by atoms with Crippen LogP contribution < -0.4 is 4.74 Å². The number of aliphatic hydroxyl groups is 3. The summed E-state index contributed by atoms with van der Waals surface area (Å²) in [7, 11) is 3.88. The zero-order valence-electron chi connectivity index (χ0n) is 17.4. The van der Waals surface area contributed by atoms with Crippen LogP contribution in [0.3, 0.4) is 0 Å². The minimum absolute atomic E-state index is 0.0529. The van der Waals surface area contributed by atoms with Crippen molar-refractivity contribution in [2.24, 2.45) is 5.41 Å². The molecule has 1 aliphatic heterocycles. The van der Waals surface area contributed by atoms with Gasteiger partial charge in [-0.2, -0.15) is 0 Å². The number of hydrogen-bond acceptors (Lipinski definition) is 10. The average molecular weight is 438 g/mol. The lowest BCUT2D eigenvalue weighted by atomic mass is 9.57. The smallest absolute Gasteiger partial charge is 0.261 e. The molecule has 0 aromatic heterocycles. The summed E-state index contributed by atoms with van der Waals surface area (Å²) >= 11 is 0. The van der Waals surface area contributed by atoms with E-state index < -0.39 is 53.5 Å². The molecule has 3 atom stereocenters. The van der Waals surface area contributed by atoms with Crippen LogP contribution >= 0.6 is 0 Å². The number of phenols is 2. The van der Waals surface area contributed by atoms with E-state index in [2.05, 4.69) is 0 Å². The fraction of sp³-hybridized carbons (Fsp3) is 0.476. The third-order valence-electron chi connectivity index (χ3n) is 6.07. The first-order valence-electron chi connectivity index (χ1n) is 9.45. The fourth-order valence-electron chi connectivity index (χ4n) is 4.40. The molecule has 31 heavy (non-hydrogen) atoms. The molecule has 0 amide bonds. The first-order valence-corrected chi connectivity index (χ1v) is 9.45. The summed E-state index contributed by atoms with van der Waals surface area (Å²) in [4.78, 5) is 12.6. The van der Waals surface area contributed by atoms with Gasteiger partial charge in [-0.15, -0.1) is 0 Å². The highest BCUT2D eigenvalue weighted by molar-refractivity contribution is 6.06. The maximum Gasteiger partial charge on any atom is 0.261 e. The highest BCUT2D eigenvalue weighted by Crippen LogP contribution is 2.57. The van der Waals surface area contributed by atoms with Crippen molar-refractivity contribution >= 4 is 5.78 Å². The number of carbonyl (C=O) groups is 1. The third kappa shape index (κ3) is 3.23. The largest absolute Gasteiger partial charge is 0.504 e. The Bertz CT molecular complexity index is 897. The highest BCUT2D eigenvalue weighted by atomic mass is 16.5. The Morgan fingerprint density at radius 1 is 1.10 bits per heavy atom. The van der Waals surface area contributed by atoms with Crippen molar-refractivity contribution in [2.75, 3.05) is 41.2 Å². The molecule has 1 aromatic rings. The molecule has 0 bridgehead atoms. The quantitative estimate of drug-likeness (QED) is 0.359. The number of methoxy groups -OCH3 is 3. The van der Waals surface area contributed by atoms with E-state index in [-0.39, 0.29) is 23.9 Å². The molecule has 170 valence electrons. The van der Waals surface area contributed by atoms with Crippen molar-refractivity contribution in [1.82, 2.24) is 0 Å². The topological polar surface area (TPSA) is 155 Å². The number of ketones is 1. The predicted octanol–water partition coefficient (Wildman–Crippen LogP) is -0.282. The predicted molar refractivity (Wildman–Crippen MR) is 106 cm³/mol. The minimum Gasteiger partial charge on any atom is -0.504 e.